The van der Waals surface area contributed by atoms with Gasteiger partial charge >= 0.3 is 5.97 Å². The number of carboxylic acid groups (broad SMARTS) is 1. The molecule has 3 fully saturated rings. The summed E-state index contributed by atoms with van der Waals surface area (Å²) in [6.45, 7) is 0. The van der Waals surface area contributed by atoms with Crippen LogP contribution in [-0.4, -0.2) is 32.1 Å². The molecular formula is C22H19F2N5O2. The standard InChI is InChI=1S/C22H19F2N5O2/c23-15-6-10(7-25)5-13-14(8-26-19(13)15)20-27-9-16(24)21(29-20)28-18-12-3-1-11(2-4-12)17(18)22(30)31/h5-6,8-9,11-12,17-18,26H,1-4H2,(H,30,31)(H,27,28,29)/t11?,12?,17-,18-/m0/s1. The molecule has 9 heteroatoms. The highest BCUT2D eigenvalue weighted by molar-refractivity contribution is 5.95. The molecular weight excluding hydrogens is 404 g/mol. The molecule has 31 heavy (non-hydrogen) atoms. The van der Waals surface area contributed by atoms with Crippen molar-refractivity contribution < 1.29 is 18.7 Å². The lowest BCUT2D eigenvalue weighted by Gasteiger charge is -2.47. The topological polar surface area (TPSA) is 115 Å². The summed E-state index contributed by atoms with van der Waals surface area (Å²) in [5.41, 5.74) is 0.773. The fourth-order valence-corrected chi connectivity index (χ4v) is 5.21. The van der Waals surface area contributed by atoms with Gasteiger partial charge in [0.2, 0.25) is 0 Å². The summed E-state index contributed by atoms with van der Waals surface area (Å²) in [5.74, 6) is -2.43. The summed E-state index contributed by atoms with van der Waals surface area (Å²) in [6.07, 6.45) is 6.09. The van der Waals surface area contributed by atoms with E-state index in [9.17, 15) is 18.7 Å². The van der Waals surface area contributed by atoms with Crippen LogP contribution in [0.25, 0.3) is 22.3 Å². The van der Waals surface area contributed by atoms with E-state index in [2.05, 4.69) is 20.3 Å². The summed E-state index contributed by atoms with van der Waals surface area (Å²) in [6, 6.07) is 4.15. The van der Waals surface area contributed by atoms with Gasteiger partial charge in [-0.2, -0.15) is 5.26 Å². The number of nitriles is 1. The number of aromatic amines is 1. The molecule has 0 spiro atoms. The molecule has 0 aliphatic heterocycles. The van der Waals surface area contributed by atoms with Crippen LogP contribution in [0, 0.1) is 40.7 Å². The minimum absolute atomic E-state index is 0.0694. The monoisotopic (exact) mass is 423 g/mol. The van der Waals surface area contributed by atoms with E-state index in [0.717, 1.165) is 37.9 Å². The summed E-state index contributed by atoms with van der Waals surface area (Å²) in [7, 11) is 0. The molecule has 0 radical (unpaired) electrons. The number of nitrogens with one attached hydrogen (secondary N) is 2. The molecule has 2 heterocycles. The Hall–Kier alpha value is -3.54. The largest absolute Gasteiger partial charge is 0.481 e. The van der Waals surface area contributed by atoms with Gasteiger partial charge in [-0.15, -0.1) is 0 Å². The first-order valence-electron chi connectivity index (χ1n) is 10.2. The van der Waals surface area contributed by atoms with Crippen molar-refractivity contribution in [1.29, 1.82) is 5.26 Å². The highest BCUT2D eigenvalue weighted by atomic mass is 19.1. The van der Waals surface area contributed by atoms with Crippen molar-refractivity contribution in [2.24, 2.45) is 17.8 Å². The van der Waals surface area contributed by atoms with Crippen molar-refractivity contribution in [3.05, 3.63) is 41.7 Å². The van der Waals surface area contributed by atoms with Gasteiger partial charge in [0.05, 0.1) is 29.3 Å². The number of hydrogen-bond acceptors (Lipinski definition) is 5. The molecule has 1 aromatic carbocycles. The number of H-pyrrole nitrogens is 1. The average molecular weight is 423 g/mol. The quantitative estimate of drug-likeness (QED) is 0.583. The molecule has 3 saturated carbocycles. The second-order valence-corrected chi connectivity index (χ2v) is 8.29. The first kappa shape index (κ1) is 19.4. The zero-order chi connectivity index (χ0) is 21.7. The number of halogens is 2. The van der Waals surface area contributed by atoms with Crippen LogP contribution in [0.15, 0.2) is 24.5 Å². The third kappa shape index (κ3) is 3.19. The second kappa shape index (κ2) is 7.30. The lowest BCUT2D eigenvalue weighted by atomic mass is 9.61. The van der Waals surface area contributed by atoms with Crippen LogP contribution < -0.4 is 5.32 Å². The smallest absolute Gasteiger partial charge is 0.308 e. The van der Waals surface area contributed by atoms with Crippen LogP contribution in [0.1, 0.15) is 31.2 Å². The molecule has 2 aromatic heterocycles. The van der Waals surface area contributed by atoms with Crippen LogP contribution in [-0.2, 0) is 4.79 Å². The Kier molecular flexibility index (Phi) is 4.58. The molecule has 3 aliphatic carbocycles. The molecule has 0 saturated heterocycles. The number of carbonyl (C=O) groups is 1. The van der Waals surface area contributed by atoms with E-state index >= 15 is 0 Å². The Morgan fingerprint density at radius 3 is 2.65 bits per heavy atom. The van der Waals surface area contributed by atoms with Crippen molar-refractivity contribution in [2.75, 3.05) is 5.32 Å². The number of benzene rings is 1. The van der Waals surface area contributed by atoms with Gasteiger partial charge in [0.1, 0.15) is 5.82 Å². The second-order valence-electron chi connectivity index (χ2n) is 8.29. The minimum Gasteiger partial charge on any atom is -0.481 e. The summed E-state index contributed by atoms with van der Waals surface area (Å²) in [5, 5.41) is 22.3. The van der Waals surface area contributed by atoms with Crippen molar-refractivity contribution in [3.63, 3.8) is 0 Å². The highest BCUT2D eigenvalue weighted by Gasteiger charge is 2.47. The molecule has 6 rings (SSSR count). The van der Waals surface area contributed by atoms with Crippen LogP contribution in [0.3, 0.4) is 0 Å². The Morgan fingerprint density at radius 2 is 1.94 bits per heavy atom. The molecule has 0 amide bonds. The maximum atomic E-state index is 14.6. The van der Waals surface area contributed by atoms with Gasteiger partial charge in [-0.1, -0.05) is 0 Å². The highest BCUT2D eigenvalue weighted by Crippen LogP contribution is 2.46. The zero-order valence-electron chi connectivity index (χ0n) is 16.4. The van der Waals surface area contributed by atoms with Crippen molar-refractivity contribution in [2.45, 2.75) is 31.7 Å². The van der Waals surface area contributed by atoms with Crippen LogP contribution >= 0.6 is 0 Å². The molecule has 7 nitrogen and oxygen atoms in total. The molecule has 3 aliphatic rings. The fourth-order valence-electron chi connectivity index (χ4n) is 5.21. The van der Waals surface area contributed by atoms with Crippen LogP contribution in [0.5, 0.6) is 0 Å². The molecule has 3 aromatic rings. The van der Waals surface area contributed by atoms with Crippen molar-refractivity contribution in [1.82, 2.24) is 15.0 Å². The maximum absolute atomic E-state index is 14.6. The van der Waals surface area contributed by atoms with Crippen molar-refractivity contribution in [3.8, 4) is 17.5 Å². The summed E-state index contributed by atoms with van der Waals surface area (Å²) < 4.78 is 28.9. The van der Waals surface area contributed by atoms with Gasteiger partial charge in [0.25, 0.3) is 0 Å². The van der Waals surface area contributed by atoms with E-state index in [1.54, 1.807) is 0 Å². The number of aliphatic carboxylic acids is 1. The van der Waals surface area contributed by atoms with E-state index in [0.29, 0.717) is 10.9 Å². The first-order chi connectivity index (χ1) is 15.0. The summed E-state index contributed by atoms with van der Waals surface area (Å²) >= 11 is 0. The van der Waals surface area contributed by atoms with Crippen molar-refractivity contribution >= 4 is 22.7 Å². The minimum atomic E-state index is -0.877. The fraction of sp³-hybridized carbons (Fsp3) is 0.364. The Morgan fingerprint density at radius 1 is 1.19 bits per heavy atom. The van der Waals surface area contributed by atoms with E-state index in [-0.39, 0.29) is 34.6 Å². The lowest BCUT2D eigenvalue weighted by Crippen LogP contribution is -2.51. The third-order valence-electron chi connectivity index (χ3n) is 6.66. The van der Waals surface area contributed by atoms with E-state index in [4.69, 9.17) is 5.26 Å². The van der Waals surface area contributed by atoms with Gasteiger partial charge in [-0.3, -0.25) is 4.79 Å². The van der Waals surface area contributed by atoms with E-state index in [1.165, 1.54) is 12.3 Å². The Labute approximate surface area is 176 Å². The third-order valence-corrected chi connectivity index (χ3v) is 6.66. The molecule has 2 bridgehead atoms. The number of aromatic nitrogens is 3. The van der Waals surface area contributed by atoms with Gasteiger partial charge in [-0.05, 0) is 49.7 Å². The Balaban J connectivity index is 1.54. The number of carboxylic acids is 1. The molecule has 2 atom stereocenters. The SMILES string of the molecule is N#Cc1cc(F)c2[nH]cc(-c3ncc(F)c(N[C@H]4C5CCC(CC5)[C@@H]4C(=O)O)n3)c2c1. The van der Waals surface area contributed by atoms with Gasteiger partial charge in [0.15, 0.2) is 17.5 Å². The average Bonchev–Trinajstić information content (AvgIpc) is 3.20. The maximum Gasteiger partial charge on any atom is 0.308 e. The Bertz CT molecular complexity index is 1230. The number of hydrogen-bond donors (Lipinski definition) is 3. The summed E-state index contributed by atoms with van der Waals surface area (Å²) in [4.78, 5) is 23.0. The first-order valence-corrected chi connectivity index (χ1v) is 10.2. The zero-order valence-corrected chi connectivity index (χ0v) is 16.4. The molecule has 0 unspecified atom stereocenters. The van der Waals surface area contributed by atoms with Gasteiger partial charge in [-0.25, -0.2) is 18.7 Å². The molecule has 3 N–H and O–H groups in total. The number of fused-ring (bicyclic) bond motifs is 4. The number of anilines is 1. The van der Waals surface area contributed by atoms with E-state index in [1.807, 2.05) is 6.07 Å². The predicted molar refractivity (Wildman–Crippen MR) is 108 cm³/mol. The van der Waals surface area contributed by atoms with Crippen LogP contribution in [0.4, 0.5) is 14.6 Å². The predicted octanol–water partition coefficient (Wildman–Crippen LogP) is 4.08. The number of rotatable bonds is 4. The van der Waals surface area contributed by atoms with E-state index < -0.39 is 29.6 Å². The number of nitrogens with zero attached hydrogens (tertiary/aromatic N) is 3. The lowest BCUT2D eigenvalue weighted by molar-refractivity contribution is -0.148. The van der Waals surface area contributed by atoms with Gasteiger partial charge in [0, 0.05) is 23.2 Å². The van der Waals surface area contributed by atoms with Gasteiger partial charge < -0.3 is 15.4 Å². The normalized spacial score (nSPS) is 24.8. The van der Waals surface area contributed by atoms with Crippen LogP contribution in [0.2, 0.25) is 0 Å². The molecule has 158 valence electrons.